The number of hydrogen-bond acceptors (Lipinski definition) is 3. The summed E-state index contributed by atoms with van der Waals surface area (Å²) in [7, 11) is 0. The van der Waals surface area contributed by atoms with Gasteiger partial charge in [0.25, 0.3) is 0 Å². The van der Waals surface area contributed by atoms with Gasteiger partial charge in [0.05, 0.1) is 6.04 Å². The van der Waals surface area contributed by atoms with Gasteiger partial charge in [0, 0.05) is 13.0 Å². The van der Waals surface area contributed by atoms with Crippen molar-refractivity contribution in [3.05, 3.63) is 35.9 Å². The van der Waals surface area contributed by atoms with Gasteiger partial charge in [-0.3, -0.25) is 0 Å². The summed E-state index contributed by atoms with van der Waals surface area (Å²) in [5, 5.41) is 22.8. The summed E-state index contributed by atoms with van der Waals surface area (Å²) in [4.78, 5) is 22.7. The lowest BCUT2D eigenvalue weighted by Gasteiger charge is -2.20. The maximum absolute atomic E-state index is 11.8. The van der Waals surface area contributed by atoms with Crippen LogP contribution in [0.5, 0.6) is 0 Å². The lowest BCUT2D eigenvalue weighted by atomic mass is 10.1. The van der Waals surface area contributed by atoms with E-state index in [-0.39, 0.29) is 19.1 Å². The number of carbonyl (C=O) groups is 2. The van der Waals surface area contributed by atoms with E-state index >= 15 is 0 Å². The summed E-state index contributed by atoms with van der Waals surface area (Å²) in [6, 6.07) is 7.62. The molecule has 2 atom stereocenters. The average molecular weight is 280 g/mol. The van der Waals surface area contributed by atoms with Crippen LogP contribution in [0.1, 0.15) is 31.4 Å². The minimum atomic E-state index is -1.16. The molecule has 2 unspecified atom stereocenters. The predicted molar refractivity (Wildman–Crippen MR) is 74.3 cm³/mol. The Morgan fingerprint density at radius 2 is 1.85 bits per heavy atom. The van der Waals surface area contributed by atoms with Crippen LogP contribution in [-0.2, 0) is 4.79 Å². The smallest absolute Gasteiger partial charge is 0.326 e. The summed E-state index contributed by atoms with van der Waals surface area (Å²) >= 11 is 0. The van der Waals surface area contributed by atoms with Crippen LogP contribution < -0.4 is 10.6 Å². The van der Waals surface area contributed by atoms with E-state index in [2.05, 4.69) is 10.6 Å². The number of aliphatic hydroxyl groups excluding tert-OH is 1. The second-order valence-corrected chi connectivity index (χ2v) is 4.39. The van der Waals surface area contributed by atoms with Crippen LogP contribution >= 0.6 is 0 Å². The number of rotatable bonds is 7. The summed E-state index contributed by atoms with van der Waals surface area (Å²) in [6.45, 7) is 1.63. The Hall–Kier alpha value is -2.08. The predicted octanol–water partition coefficient (Wildman–Crippen LogP) is 1.27. The number of amides is 2. The molecule has 1 aromatic carbocycles. The standard InChI is InChI=1S/C14H20N2O4/c1-2-11(10-6-4-3-5-7-10)15-14(20)16-12(8-9-17)13(18)19/h3-7,11-12,17H,2,8-9H2,1H3,(H,18,19)(H2,15,16,20). The van der Waals surface area contributed by atoms with Crippen molar-refractivity contribution in [3.8, 4) is 0 Å². The number of nitrogens with one attached hydrogen (secondary N) is 2. The van der Waals surface area contributed by atoms with Gasteiger partial charge in [0.2, 0.25) is 0 Å². The molecule has 20 heavy (non-hydrogen) atoms. The highest BCUT2D eigenvalue weighted by Gasteiger charge is 2.20. The van der Waals surface area contributed by atoms with Gasteiger partial charge < -0.3 is 20.8 Å². The van der Waals surface area contributed by atoms with E-state index in [1.165, 1.54) is 0 Å². The number of urea groups is 1. The maximum atomic E-state index is 11.8. The van der Waals surface area contributed by atoms with Gasteiger partial charge in [0.1, 0.15) is 6.04 Å². The Balaban J connectivity index is 2.61. The first-order valence-corrected chi connectivity index (χ1v) is 6.54. The molecule has 0 aromatic heterocycles. The zero-order chi connectivity index (χ0) is 15.0. The molecule has 0 heterocycles. The highest BCUT2D eigenvalue weighted by atomic mass is 16.4. The quantitative estimate of drug-likeness (QED) is 0.604. The second kappa shape index (κ2) is 8.16. The molecule has 1 rings (SSSR count). The van der Waals surface area contributed by atoms with Crippen molar-refractivity contribution in [3.63, 3.8) is 0 Å². The van der Waals surface area contributed by atoms with Crippen molar-refractivity contribution in [1.82, 2.24) is 10.6 Å². The third kappa shape index (κ3) is 4.89. The molecule has 0 fully saturated rings. The lowest BCUT2D eigenvalue weighted by molar-refractivity contribution is -0.139. The van der Waals surface area contributed by atoms with Gasteiger partial charge >= 0.3 is 12.0 Å². The van der Waals surface area contributed by atoms with Crippen molar-refractivity contribution in [2.75, 3.05) is 6.61 Å². The van der Waals surface area contributed by atoms with Crippen molar-refractivity contribution in [2.45, 2.75) is 31.8 Å². The zero-order valence-corrected chi connectivity index (χ0v) is 11.4. The third-order valence-corrected chi connectivity index (χ3v) is 2.94. The van der Waals surface area contributed by atoms with Gasteiger partial charge in [0.15, 0.2) is 0 Å². The first-order valence-electron chi connectivity index (χ1n) is 6.54. The Morgan fingerprint density at radius 1 is 1.20 bits per heavy atom. The Morgan fingerprint density at radius 3 is 2.35 bits per heavy atom. The molecule has 4 N–H and O–H groups in total. The molecule has 0 aliphatic rings. The molecule has 0 aliphatic heterocycles. The number of carbonyl (C=O) groups excluding carboxylic acids is 1. The van der Waals surface area contributed by atoms with Crippen molar-refractivity contribution in [1.29, 1.82) is 0 Å². The van der Waals surface area contributed by atoms with Crippen LogP contribution in [0.15, 0.2) is 30.3 Å². The highest BCUT2D eigenvalue weighted by molar-refractivity contribution is 5.82. The van der Waals surface area contributed by atoms with Crippen LogP contribution in [0.4, 0.5) is 4.79 Å². The minimum Gasteiger partial charge on any atom is -0.480 e. The van der Waals surface area contributed by atoms with E-state index < -0.39 is 18.0 Å². The normalized spacial score (nSPS) is 13.3. The molecule has 0 aliphatic carbocycles. The van der Waals surface area contributed by atoms with Gasteiger partial charge in [-0.15, -0.1) is 0 Å². The molecule has 0 spiro atoms. The molecular formula is C14H20N2O4. The van der Waals surface area contributed by atoms with E-state index in [0.29, 0.717) is 6.42 Å². The maximum Gasteiger partial charge on any atom is 0.326 e. The summed E-state index contributed by atoms with van der Waals surface area (Å²) in [5.41, 5.74) is 0.958. The number of benzene rings is 1. The molecule has 1 aromatic rings. The van der Waals surface area contributed by atoms with Gasteiger partial charge in [-0.2, -0.15) is 0 Å². The van der Waals surface area contributed by atoms with Crippen molar-refractivity contribution >= 4 is 12.0 Å². The van der Waals surface area contributed by atoms with E-state index in [9.17, 15) is 9.59 Å². The van der Waals surface area contributed by atoms with Crippen LogP contribution in [0.3, 0.4) is 0 Å². The molecule has 0 saturated heterocycles. The number of hydrogen-bond donors (Lipinski definition) is 4. The second-order valence-electron chi connectivity index (χ2n) is 4.39. The fourth-order valence-corrected chi connectivity index (χ4v) is 1.85. The summed E-state index contributed by atoms with van der Waals surface area (Å²) in [6.07, 6.45) is 0.667. The fourth-order valence-electron chi connectivity index (χ4n) is 1.85. The number of carboxylic acids is 1. The monoisotopic (exact) mass is 280 g/mol. The van der Waals surface area contributed by atoms with Crippen molar-refractivity contribution in [2.24, 2.45) is 0 Å². The van der Waals surface area contributed by atoms with Gasteiger partial charge in [-0.1, -0.05) is 37.3 Å². The molecule has 0 saturated carbocycles. The Bertz CT molecular complexity index is 436. The highest BCUT2D eigenvalue weighted by Crippen LogP contribution is 2.15. The molecule has 0 radical (unpaired) electrons. The van der Waals surface area contributed by atoms with Crippen LogP contribution in [0.25, 0.3) is 0 Å². The van der Waals surface area contributed by atoms with Crippen LogP contribution in [-0.4, -0.2) is 34.9 Å². The Labute approximate surface area is 117 Å². The molecule has 2 amide bonds. The van der Waals surface area contributed by atoms with Gasteiger partial charge in [-0.25, -0.2) is 9.59 Å². The summed E-state index contributed by atoms with van der Waals surface area (Å²) < 4.78 is 0. The van der Waals surface area contributed by atoms with Crippen molar-refractivity contribution < 1.29 is 19.8 Å². The van der Waals surface area contributed by atoms with Crippen LogP contribution in [0, 0.1) is 0 Å². The van der Waals surface area contributed by atoms with E-state index in [4.69, 9.17) is 10.2 Å². The van der Waals surface area contributed by atoms with E-state index in [0.717, 1.165) is 5.56 Å². The molecular weight excluding hydrogens is 260 g/mol. The number of carboxylic acid groups (broad SMARTS) is 1. The third-order valence-electron chi connectivity index (χ3n) is 2.94. The topological polar surface area (TPSA) is 98.7 Å². The first kappa shape index (κ1) is 16.0. The minimum absolute atomic E-state index is 0.0229. The van der Waals surface area contributed by atoms with E-state index in [1.807, 2.05) is 37.3 Å². The Kier molecular flexibility index (Phi) is 6.52. The number of aliphatic hydroxyl groups is 1. The number of aliphatic carboxylic acids is 1. The first-order chi connectivity index (χ1) is 9.58. The molecule has 0 bridgehead atoms. The van der Waals surface area contributed by atoms with E-state index in [1.54, 1.807) is 0 Å². The summed E-state index contributed by atoms with van der Waals surface area (Å²) in [5.74, 6) is -1.16. The van der Waals surface area contributed by atoms with Gasteiger partial charge in [-0.05, 0) is 12.0 Å². The lowest BCUT2D eigenvalue weighted by Crippen LogP contribution is -2.47. The largest absolute Gasteiger partial charge is 0.480 e. The zero-order valence-electron chi connectivity index (χ0n) is 11.4. The molecule has 6 nitrogen and oxygen atoms in total. The average Bonchev–Trinajstić information content (AvgIpc) is 2.45. The molecule has 110 valence electrons. The molecule has 6 heteroatoms. The fraction of sp³-hybridized carbons (Fsp3) is 0.429. The van der Waals surface area contributed by atoms with Crippen LogP contribution in [0.2, 0.25) is 0 Å². The SMILES string of the molecule is CCC(NC(=O)NC(CCO)C(=O)O)c1ccccc1.